The Morgan fingerprint density at radius 2 is 2.20 bits per heavy atom. The number of nitrogens with zero attached hydrogens (tertiary/aromatic N) is 1. The van der Waals surface area contributed by atoms with Crippen LogP contribution in [0.15, 0.2) is 30.5 Å². The van der Waals surface area contributed by atoms with Crippen LogP contribution < -0.4 is 5.73 Å². The summed E-state index contributed by atoms with van der Waals surface area (Å²) in [5, 5.41) is 8.23. The summed E-state index contributed by atoms with van der Waals surface area (Å²) >= 11 is 0. The fraction of sp³-hybridized carbons (Fsp3) is 0.0909. The number of aromatic nitrogens is 1. The van der Waals surface area contributed by atoms with E-state index in [1.54, 1.807) is 10.8 Å². The summed E-state index contributed by atoms with van der Waals surface area (Å²) in [6.45, 7) is 0.147. The van der Waals surface area contributed by atoms with Crippen LogP contribution in [0.4, 0.5) is 0 Å². The second kappa shape index (κ2) is 3.57. The van der Waals surface area contributed by atoms with E-state index in [1.165, 1.54) is 6.21 Å². The largest absolute Gasteiger partial charge is 0.368 e. The normalized spacial score (nSPS) is 10.4. The lowest BCUT2D eigenvalue weighted by Crippen LogP contribution is -2.17. The molecule has 0 bridgehead atoms. The maximum atomic E-state index is 10.9. The highest BCUT2D eigenvalue weighted by molar-refractivity contribution is 5.98. The number of nitrogens with one attached hydrogen (secondary N) is 1. The first-order chi connectivity index (χ1) is 7.22. The number of fused-ring (bicyclic) bond motifs is 1. The van der Waals surface area contributed by atoms with Gasteiger partial charge < -0.3 is 15.7 Å². The molecule has 4 nitrogen and oxygen atoms in total. The van der Waals surface area contributed by atoms with Crippen molar-refractivity contribution in [1.29, 1.82) is 5.41 Å². The lowest BCUT2D eigenvalue weighted by Gasteiger charge is -2.00. The van der Waals surface area contributed by atoms with E-state index in [4.69, 9.17) is 11.1 Å². The molecule has 0 aliphatic rings. The van der Waals surface area contributed by atoms with E-state index in [-0.39, 0.29) is 12.5 Å². The Kier molecular flexibility index (Phi) is 2.25. The van der Waals surface area contributed by atoms with Crippen molar-refractivity contribution in [1.82, 2.24) is 4.57 Å². The maximum absolute atomic E-state index is 10.9. The monoisotopic (exact) mass is 201 g/mol. The van der Waals surface area contributed by atoms with Crippen LogP contribution in [0.1, 0.15) is 5.56 Å². The van der Waals surface area contributed by atoms with Gasteiger partial charge in [0.05, 0.1) is 0 Å². The number of hydrogen-bond donors (Lipinski definition) is 2. The first-order valence-electron chi connectivity index (χ1n) is 4.59. The maximum Gasteiger partial charge on any atom is 0.237 e. The molecule has 3 N–H and O–H groups in total. The topological polar surface area (TPSA) is 71.9 Å². The Morgan fingerprint density at radius 1 is 1.47 bits per heavy atom. The van der Waals surface area contributed by atoms with Gasteiger partial charge in [-0.2, -0.15) is 0 Å². The molecule has 0 saturated carbocycles. The summed E-state index contributed by atoms with van der Waals surface area (Å²) in [5.41, 5.74) is 6.87. The molecule has 0 saturated heterocycles. The number of hydrogen-bond acceptors (Lipinski definition) is 2. The minimum atomic E-state index is -0.382. The molecular formula is C11H11N3O. The number of nitrogens with two attached hydrogens (primary N) is 1. The molecule has 0 aliphatic heterocycles. The van der Waals surface area contributed by atoms with E-state index in [0.717, 1.165) is 16.5 Å². The molecule has 1 amide bonds. The van der Waals surface area contributed by atoms with Gasteiger partial charge in [-0.1, -0.05) is 18.2 Å². The summed E-state index contributed by atoms with van der Waals surface area (Å²) < 4.78 is 1.76. The van der Waals surface area contributed by atoms with E-state index >= 15 is 0 Å². The molecule has 1 aromatic heterocycles. The van der Waals surface area contributed by atoms with E-state index in [1.807, 2.05) is 24.3 Å². The standard InChI is InChI=1S/C11H11N3O/c12-5-8-6-14(7-11(13)15)10-4-2-1-3-9(8)10/h1-6,12H,7H2,(H2,13,15). The Labute approximate surface area is 86.8 Å². The van der Waals surface area contributed by atoms with Crippen molar-refractivity contribution in [3.8, 4) is 0 Å². The van der Waals surface area contributed by atoms with Crippen LogP contribution in [-0.2, 0) is 11.3 Å². The van der Waals surface area contributed by atoms with Crippen molar-refractivity contribution in [3.05, 3.63) is 36.0 Å². The van der Waals surface area contributed by atoms with Crippen LogP contribution in [0.3, 0.4) is 0 Å². The van der Waals surface area contributed by atoms with Crippen LogP contribution >= 0.6 is 0 Å². The van der Waals surface area contributed by atoms with Gasteiger partial charge in [-0.05, 0) is 6.07 Å². The quantitative estimate of drug-likeness (QED) is 0.718. The highest BCUT2D eigenvalue weighted by atomic mass is 16.1. The lowest BCUT2D eigenvalue weighted by molar-refractivity contribution is -0.118. The lowest BCUT2D eigenvalue weighted by atomic mass is 10.2. The predicted octanol–water partition coefficient (Wildman–Crippen LogP) is 1.12. The number of carbonyl (C=O) groups is 1. The molecule has 0 radical (unpaired) electrons. The van der Waals surface area contributed by atoms with Crippen molar-refractivity contribution in [2.75, 3.05) is 0 Å². The molecule has 2 aromatic rings. The van der Waals surface area contributed by atoms with Crippen LogP contribution in [0.5, 0.6) is 0 Å². The third-order valence-corrected chi connectivity index (χ3v) is 2.30. The van der Waals surface area contributed by atoms with Crippen molar-refractivity contribution >= 4 is 23.0 Å². The minimum Gasteiger partial charge on any atom is -0.368 e. The smallest absolute Gasteiger partial charge is 0.237 e. The van der Waals surface area contributed by atoms with Crippen LogP contribution in [0.25, 0.3) is 10.9 Å². The fourth-order valence-electron chi connectivity index (χ4n) is 1.69. The Morgan fingerprint density at radius 3 is 2.87 bits per heavy atom. The molecule has 1 aromatic carbocycles. The Bertz CT molecular complexity index is 528. The van der Waals surface area contributed by atoms with E-state index in [2.05, 4.69) is 0 Å². The van der Waals surface area contributed by atoms with Crippen LogP contribution in [-0.4, -0.2) is 16.7 Å². The third-order valence-electron chi connectivity index (χ3n) is 2.30. The van der Waals surface area contributed by atoms with Crippen molar-refractivity contribution in [3.63, 3.8) is 0 Å². The molecule has 76 valence electrons. The van der Waals surface area contributed by atoms with Crippen molar-refractivity contribution in [2.45, 2.75) is 6.54 Å². The average Bonchev–Trinajstić information content (AvgIpc) is 2.56. The second-order valence-corrected chi connectivity index (χ2v) is 3.34. The van der Waals surface area contributed by atoms with Gasteiger partial charge in [-0.25, -0.2) is 0 Å². The summed E-state index contributed by atoms with van der Waals surface area (Å²) in [5.74, 6) is -0.382. The molecule has 0 atom stereocenters. The van der Waals surface area contributed by atoms with Crippen molar-refractivity contribution < 1.29 is 4.79 Å². The molecule has 15 heavy (non-hydrogen) atoms. The van der Waals surface area contributed by atoms with Gasteiger partial charge in [0.1, 0.15) is 6.54 Å². The molecule has 4 heteroatoms. The number of primary amides is 1. The van der Waals surface area contributed by atoms with Gasteiger partial charge in [0, 0.05) is 28.9 Å². The van der Waals surface area contributed by atoms with E-state index in [9.17, 15) is 4.79 Å². The van der Waals surface area contributed by atoms with Gasteiger partial charge in [-0.3, -0.25) is 4.79 Å². The molecule has 1 heterocycles. The molecule has 0 spiro atoms. The summed E-state index contributed by atoms with van der Waals surface area (Å²) in [7, 11) is 0. The third kappa shape index (κ3) is 1.61. The summed E-state index contributed by atoms with van der Waals surface area (Å²) in [6, 6.07) is 7.63. The number of amides is 1. The van der Waals surface area contributed by atoms with Crippen LogP contribution in [0.2, 0.25) is 0 Å². The van der Waals surface area contributed by atoms with Crippen molar-refractivity contribution in [2.24, 2.45) is 5.73 Å². The number of carbonyl (C=O) groups excluding carboxylic acids is 1. The number of rotatable bonds is 3. The first-order valence-corrected chi connectivity index (χ1v) is 4.59. The second-order valence-electron chi connectivity index (χ2n) is 3.34. The van der Waals surface area contributed by atoms with E-state index < -0.39 is 0 Å². The van der Waals surface area contributed by atoms with Gasteiger partial charge in [-0.15, -0.1) is 0 Å². The first kappa shape index (κ1) is 9.45. The summed E-state index contributed by atoms with van der Waals surface area (Å²) in [4.78, 5) is 10.9. The fourth-order valence-corrected chi connectivity index (χ4v) is 1.69. The molecule has 0 aliphatic carbocycles. The van der Waals surface area contributed by atoms with Gasteiger partial charge in [0.15, 0.2) is 0 Å². The molecule has 0 unspecified atom stereocenters. The van der Waals surface area contributed by atoms with Gasteiger partial charge >= 0.3 is 0 Å². The van der Waals surface area contributed by atoms with Gasteiger partial charge in [0.2, 0.25) is 5.91 Å². The molecular weight excluding hydrogens is 190 g/mol. The number of benzene rings is 1. The SMILES string of the molecule is N=Cc1cn(CC(N)=O)c2ccccc12. The highest BCUT2D eigenvalue weighted by Crippen LogP contribution is 2.19. The zero-order chi connectivity index (χ0) is 10.8. The molecule has 2 rings (SSSR count). The summed E-state index contributed by atoms with van der Waals surface area (Å²) in [6.07, 6.45) is 3.04. The number of para-hydroxylation sites is 1. The zero-order valence-corrected chi connectivity index (χ0v) is 8.10. The minimum absolute atomic E-state index is 0.147. The zero-order valence-electron chi connectivity index (χ0n) is 8.10. The molecule has 0 fully saturated rings. The van der Waals surface area contributed by atoms with Gasteiger partial charge in [0.25, 0.3) is 0 Å². The van der Waals surface area contributed by atoms with E-state index in [0.29, 0.717) is 0 Å². The van der Waals surface area contributed by atoms with Crippen LogP contribution in [0, 0.1) is 5.41 Å². The predicted molar refractivity (Wildman–Crippen MR) is 59.0 cm³/mol. The Hall–Kier alpha value is -2.10. The Balaban J connectivity index is 2.64. The highest BCUT2D eigenvalue weighted by Gasteiger charge is 2.07. The average molecular weight is 201 g/mol.